The monoisotopic (exact) mass is 428 g/mol. The van der Waals surface area contributed by atoms with Crippen molar-refractivity contribution in [1.82, 2.24) is 10.6 Å². The predicted octanol–water partition coefficient (Wildman–Crippen LogP) is 3.43. The molecule has 0 aromatic carbocycles. The number of aliphatic hydroxyl groups excluding tert-OH is 1. The number of rotatable bonds is 8. The Bertz CT molecular complexity index is 599. The van der Waals surface area contributed by atoms with Crippen LogP contribution in [-0.2, 0) is 9.59 Å². The average Bonchev–Trinajstić information content (AvgIpc) is 3.63. The van der Waals surface area contributed by atoms with Crippen LogP contribution in [0, 0.1) is 11.8 Å². The molecule has 2 fully saturated rings. The van der Waals surface area contributed by atoms with Gasteiger partial charge in [0.05, 0.1) is 12.6 Å². The molecule has 0 aromatic rings. The maximum atomic E-state index is 13.1. The number of likely N-dealkylation sites (N-methyl/N-ethyl adjacent to an activating group) is 1. The Hall–Kier alpha value is -1.50. The van der Waals surface area contributed by atoms with Gasteiger partial charge in [0.2, 0.25) is 5.91 Å². The van der Waals surface area contributed by atoms with Crippen molar-refractivity contribution in [3.8, 4) is 0 Å². The fourth-order valence-electron chi connectivity index (χ4n) is 2.47. The van der Waals surface area contributed by atoms with E-state index in [0.29, 0.717) is 23.4 Å². The Morgan fingerprint density at radius 1 is 1.34 bits per heavy atom. The number of hydrogen-bond acceptors (Lipinski definition) is 4. The molecule has 2 saturated carbocycles. The van der Waals surface area contributed by atoms with E-state index in [0.717, 1.165) is 18.3 Å². The van der Waals surface area contributed by atoms with Crippen LogP contribution in [0.2, 0.25) is 0 Å². The Morgan fingerprint density at radius 3 is 2.45 bits per heavy atom. The van der Waals surface area contributed by atoms with Crippen LogP contribution in [0.15, 0.2) is 34.9 Å². The summed E-state index contributed by atoms with van der Waals surface area (Å²) in [5.41, 5.74) is 0.492. The highest BCUT2D eigenvalue weighted by Crippen LogP contribution is 2.33. The van der Waals surface area contributed by atoms with Gasteiger partial charge in [-0.1, -0.05) is 56.4 Å². The molecule has 0 aliphatic heterocycles. The van der Waals surface area contributed by atoms with Gasteiger partial charge in [0.15, 0.2) is 0 Å². The summed E-state index contributed by atoms with van der Waals surface area (Å²) in [6.45, 7) is 2.63. The first-order valence-electron chi connectivity index (χ1n) is 10.3. The number of allylic oxidation sites excluding steroid dienone is 6. The van der Waals surface area contributed by atoms with Crippen molar-refractivity contribution in [2.45, 2.75) is 57.7 Å². The van der Waals surface area contributed by atoms with Gasteiger partial charge in [-0.15, -0.1) is 0 Å². The largest absolute Gasteiger partial charge is 0.395 e. The van der Waals surface area contributed by atoms with Crippen molar-refractivity contribution in [2.75, 3.05) is 20.2 Å². The minimum atomic E-state index is -1.08. The van der Waals surface area contributed by atoms with E-state index in [1.165, 1.54) is 37.8 Å². The molecule has 7 heteroatoms. The number of nitrogens with one attached hydrogen (secondary N) is 2. The van der Waals surface area contributed by atoms with Gasteiger partial charge >= 0.3 is 0 Å². The number of alkyl halides is 1. The van der Waals surface area contributed by atoms with Crippen LogP contribution in [0.5, 0.6) is 0 Å². The summed E-state index contributed by atoms with van der Waals surface area (Å²) in [7, 11) is 1.80. The molecule has 1 amide bonds. The van der Waals surface area contributed by atoms with Gasteiger partial charge in [0, 0.05) is 18.0 Å². The third kappa shape index (κ3) is 12.6. The van der Waals surface area contributed by atoms with Crippen molar-refractivity contribution >= 4 is 23.8 Å². The zero-order valence-electron chi connectivity index (χ0n) is 17.4. The van der Waals surface area contributed by atoms with E-state index in [1.807, 2.05) is 0 Å². The van der Waals surface area contributed by atoms with Gasteiger partial charge in [-0.2, -0.15) is 0 Å². The minimum Gasteiger partial charge on any atom is -0.395 e. The van der Waals surface area contributed by atoms with E-state index in [4.69, 9.17) is 16.7 Å². The number of aliphatic hydroxyl groups is 1. The first-order valence-corrected chi connectivity index (χ1v) is 10.7. The molecule has 3 N–H and O–H groups in total. The zero-order chi connectivity index (χ0) is 21.6. The van der Waals surface area contributed by atoms with E-state index < -0.39 is 6.17 Å². The maximum Gasteiger partial charge on any atom is 0.237 e. The van der Waals surface area contributed by atoms with Crippen molar-refractivity contribution < 1.29 is 19.1 Å². The van der Waals surface area contributed by atoms with E-state index >= 15 is 0 Å². The second-order valence-corrected chi connectivity index (χ2v) is 8.15. The Morgan fingerprint density at radius 2 is 2.00 bits per heavy atom. The second-order valence-electron chi connectivity index (χ2n) is 7.66. The molecule has 2 atom stereocenters. The normalized spacial score (nSPS) is 21.6. The molecule has 0 spiro atoms. The summed E-state index contributed by atoms with van der Waals surface area (Å²) >= 11 is 5.59. The summed E-state index contributed by atoms with van der Waals surface area (Å²) in [5, 5.41) is 14.7. The molecular formula is C22H34ClFN2O3. The Balaban J connectivity index is 0.000000243. The van der Waals surface area contributed by atoms with Crippen molar-refractivity contribution in [3.63, 3.8) is 0 Å². The molecule has 0 bridgehead atoms. The van der Waals surface area contributed by atoms with E-state index in [2.05, 4.69) is 17.6 Å². The van der Waals surface area contributed by atoms with Gasteiger partial charge in [-0.3, -0.25) is 9.59 Å². The third-order valence-corrected chi connectivity index (χ3v) is 5.05. The van der Waals surface area contributed by atoms with E-state index in [-0.39, 0.29) is 25.0 Å². The lowest BCUT2D eigenvalue weighted by atomic mass is 10.0. The average molecular weight is 429 g/mol. The fraction of sp³-hybridized carbons (Fsp3) is 0.636. The summed E-state index contributed by atoms with van der Waals surface area (Å²) in [5.74, 6) is 1.82. The van der Waals surface area contributed by atoms with Crippen LogP contribution in [0.3, 0.4) is 0 Å². The quantitative estimate of drug-likeness (QED) is 0.409. The lowest BCUT2D eigenvalue weighted by Gasteiger charge is -2.14. The maximum absolute atomic E-state index is 13.1. The van der Waals surface area contributed by atoms with Crippen molar-refractivity contribution in [3.05, 3.63) is 34.9 Å². The fourth-order valence-corrected chi connectivity index (χ4v) is 2.67. The van der Waals surface area contributed by atoms with E-state index in [9.17, 15) is 14.0 Å². The minimum absolute atomic E-state index is 0.00319. The second kappa shape index (κ2) is 14.5. The van der Waals surface area contributed by atoms with Crippen LogP contribution >= 0.6 is 11.6 Å². The molecule has 0 aromatic heterocycles. The van der Waals surface area contributed by atoms with Crippen LogP contribution in [0.25, 0.3) is 0 Å². The number of carbonyl (C=O) groups is 2. The standard InChI is InChI=1S/C9H8ClFO.C9H18N2O2.C4H8/c10-8-4-3-7(2-1-5-12)9(11)6-8;1-10-8(6-7-2-3-7)9(13)11-4-5-12;1-4-2-3-4/h1-5,9H,6H2;7-8,10,12H,2-6H2,1H3,(H,11,13);4H,2-3H2,1H3/b2-1+;;. The highest BCUT2D eigenvalue weighted by Gasteiger charge is 2.28. The summed E-state index contributed by atoms with van der Waals surface area (Å²) in [6, 6.07) is -0.0842. The summed E-state index contributed by atoms with van der Waals surface area (Å²) in [6.07, 6.45) is 12.1. The highest BCUT2D eigenvalue weighted by atomic mass is 35.5. The molecule has 164 valence electrons. The zero-order valence-corrected chi connectivity index (χ0v) is 18.1. The van der Waals surface area contributed by atoms with Crippen LogP contribution in [-0.4, -0.2) is 49.7 Å². The molecule has 0 radical (unpaired) electrons. The number of hydrogen-bond donors (Lipinski definition) is 3. The number of aldehydes is 1. The third-order valence-electron chi connectivity index (χ3n) is 4.77. The molecule has 29 heavy (non-hydrogen) atoms. The molecule has 3 aliphatic rings. The first kappa shape index (κ1) is 25.5. The molecule has 2 unspecified atom stereocenters. The van der Waals surface area contributed by atoms with Crippen molar-refractivity contribution in [2.24, 2.45) is 11.8 Å². The molecule has 0 heterocycles. The molecular weight excluding hydrogens is 395 g/mol. The van der Waals surface area contributed by atoms with Crippen LogP contribution < -0.4 is 10.6 Å². The lowest BCUT2D eigenvalue weighted by Crippen LogP contribution is -2.43. The van der Waals surface area contributed by atoms with Crippen molar-refractivity contribution in [1.29, 1.82) is 0 Å². The van der Waals surface area contributed by atoms with E-state index in [1.54, 1.807) is 19.2 Å². The lowest BCUT2D eigenvalue weighted by molar-refractivity contribution is -0.123. The summed E-state index contributed by atoms with van der Waals surface area (Å²) in [4.78, 5) is 21.4. The Kier molecular flexibility index (Phi) is 12.7. The molecule has 3 aliphatic carbocycles. The molecule has 5 nitrogen and oxygen atoms in total. The Labute approximate surface area is 178 Å². The highest BCUT2D eigenvalue weighted by molar-refractivity contribution is 6.29. The predicted molar refractivity (Wildman–Crippen MR) is 115 cm³/mol. The van der Waals surface area contributed by atoms with Gasteiger partial charge in [0.1, 0.15) is 12.5 Å². The summed E-state index contributed by atoms with van der Waals surface area (Å²) < 4.78 is 13.1. The number of amides is 1. The smallest absolute Gasteiger partial charge is 0.237 e. The van der Waals surface area contributed by atoms with Gasteiger partial charge in [-0.25, -0.2) is 4.39 Å². The first-order chi connectivity index (χ1) is 13.9. The topological polar surface area (TPSA) is 78.4 Å². The molecule has 0 saturated heterocycles. The molecule has 3 rings (SSSR count). The SMILES string of the molecule is CC1CC1.CNC(CC1CC1)C(=O)NCCO.O=C/C=C/C1=CC=C(Cl)CC1F. The van der Waals surface area contributed by atoms with Gasteiger partial charge in [0.25, 0.3) is 0 Å². The van der Waals surface area contributed by atoms with Crippen LogP contribution in [0.4, 0.5) is 4.39 Å². The number of carbonyl (C=O) groups excluding carboxylic acids is 2. The van der Waals surface area contributed by atoms with Gasteiger partial charge in [-0.05, 0) is 43.0 Å². The number of halogens is 2. The van der Waals surface area contributed by atoms with Crippen LogP contribution in [0.1, 0.15) is 45.4 Å². The van der Waals surface area contributed by atoms with Gasteiger partial charge < -0.3 is 15.7 Å².